The van der Waals surface area contributed by atoms with Gasteiger partial charge in [0.2, 0.25) is 0 Å². The van der Waals surface area contributed by atoms with Gasteiger partial charge in [-0.05, 0) is 19.4 Å². The Morgan fingerprint density at radius 3 is 2.00 bits per heavy atom. The Balaban J connectivity index is 2.60. The molecule has 0 atom stereocenters. The quantitative estimate of drug-likeness (QED) is 0.477. The zero-order valence-electron chi connectivity index (χ0n) is 15.1. The molecule has 1 aromatic rings. The third-order valence-corrected chi connectivity index (χ3v) is 3.77. The van der Waals surface area contributed by atoms with Crippen LogP contribution >= 0.6 is 0 Å². The molecule has 1 N–H and O–H groups in total. The summed E-state index contributed by atoms with van der Waals surface area (Å²) in [5, 5.41) is 14.1. The number of allylic oxidation sites excluding steroid dienone is 2. The van der Waals surface area contributed by atoms with E-state index in [1.54, 1.807) is 19.9 Å². The summed E-state index contributed by atoms with van der Waals surface area (Å²) in [7, 11) is 2.29. The van der Waals surface area contributed by atoms with Gasteiger partial charge in [0.25, 0.3) is 5.69 Å². The molecule has 10 nitrogen and oxygen atoms in total. The number of dihydropyridines is 1. The summed E-state index contributed by atoms with van der Waals surface area (Å²) in [6.07, 6.45) is -1.97. The number of nitrogens with one attached hydrogen (secondary N) is 1. The van der Waals surface area contributed by atoms with Gasteiger partial charge < -0.3 is 24.3 Å². The van der Waals surface area contributed by atoms with Crippen LogP contribution in [0.2, 0.25) is 0 Å². The zero-order chi connectivity index (χ0) is 20.1. The lowest BCUT2D eigenvalue weighted by Gasteiger charge is -2.29. The minimum absolute atomic E-state index is 0.0758. The SMILES string of the molecule is COC(=O)OC1=C(C)NC(C)=C(OC(=O)OC)C1c1cccc([N+](=O)[O-])c1. The molecule has 1 aromatic carbocycles. The van der Waals surface area contributed by atoms with E-state index in [9.17, 15) is 19.7 Å². The summed E-state index contributed by atoms with van der Waals surface area (Å²) < 4.78 is 19.5. The van der Waals surface area contributed by atoms with Crippen LogP contribution in [0.5, 0.6) is 0 Å². The first-order chi connectivity index (χ1) is 12.8. The van der Waals surface area contributed by atoms with Crippen LogP contribution in [0.4, 0.5) is 15.3 Å². The predicted octanol–water partition coefficient (Wildman–Crippen LogP) is 3.31. The molecule has 10 heteroatoms. The highest BCUT2D eigenvalue weighted by Gasteiger charge is 2.36. The van der Waals surface area contributed by atoms with Crippen molar-refractivity contribution >= 4 is 18.0 Å². The lowest BCUT2D eigenvalue weighted by Crippen LogP contribution is -2.29. The van der Waals surface area contributed by atoms with Crippen molar-refractivity contribution in [1.82, 2.24) is 5.32 Å². The molecule has 0 fully saturated rings. The van der Waals surface area contributed by atoms with Crippen LogP contribution in [0.15, 0.2) is 47.2 Å². The summed E-state index contributed by atoms with van der Waals surface area (Å²) in [4.78, 5) is 33.9. The number of hydrogen-bond acceptors (Lipinski definition) is 9. The van der Waals surface area contributed by atoms with Crippen LogP contribution in [0, 0.1) is 10.1 Å². The Labute approximate surface area is 154 Å². The fourth-order valence-corrected chi connectivity index (χ4v) is 2.61. The number of non-ortho nitro benzene ring substituents is 1. The molecule has 1 aliphatic heterocycles. The molecule has 0 saturated carbocycles. The molecule has 0 bridgehead atoms. The molecule has 27 heavy (non-hydrogen) atoms. The van der Waals surface area contributed by atoms with Crippen molar-refractivity contribution in [2.24, 2.45) is 0 Å². The summed E-state index contributed by atoms with van der Waals surface area (Å²) in [6.45, 7) is 3.28. The first-order valence-corrected chi connectivity index (χ1v) is 7.73. The van der Waals surface area contributed by atoms with E-state index in [2.05, 4.69) is 14.8 Å². The van der Waals surface area contributed by atoms with Crippen molar-refractivity contribution in [3.05, 3.63) is 62.9 Å². The maximum absolute atomic E-state index is 11.7. The highest BCUT2D eigenvalue weighted by Crippen LogP contribution is 2.40. The number of rotatable bonds is 4. The van der Waals surface area contributed by atoms with Crippen molar-refractivity contribution in [2.75, 3.05) is 14.2 Å². The second kappa shape index (κ2) is 8.21. The number of ether oxygens (including phenoxy) is 4. The van der Waals surface area contributed by atoms with Gasteiger partial charge in [-0.25, -0.2) is 9.59 Å². The number of hydrogen-bond donors (Lipinski definition) is 1. The van der Waals surface area contributed by atoms with Crippen LogP contribution in [0.25, 0.3) is 0 Å². The van der Waals surface area contributed by atoms with Gasteiger partial charge in [0.05, 0.1) is 30.5 Å². The number of methoxy groups -OCH3 is 2. The maximum atomic E-state index is 11.7. The Morgan fingerprint density at radius 1 is 1.04 bits per heavy atom. The normalized spacial score (nSPS) is 14.4. The number of benzene rings is 1. The summed E-state index contributed by atoms with van der Waals surface area (Å²) in [5.41, 5.74) is 1.11. The van der Waals surface area contributed by atoms with Gasteiger partial charge in [-0.1, -0.05) is 12.1 Å². The van der Waals surface area contributed by atoms with Crippen LogP contribution in [-0.4, -0.2) is 31.5 Å². The van der Waals surface area contributed by atoms with E-state index < -0.39 is 23.2 Å². The standard InChI is InChI=1S/C17H18N2O8/c1-9-14(26-16(20)24-3)13(11-6-5-7-12(8-11)19(22)23)15(10(2)18-9)27-17(21)25-4/h5-8,13,18H,1-4H3. The lowest BCUT2D eigenvalue weighted by molar-refractivity contribution is -0.384. The zero-order valence-corrected chi connectivity index (χ0v) is 15.1. The number of carbonyl (C=O) groups is 2. The Morgan fingerprint density at radius 2 is 1.56 bits per heavy atom. The largest absolute Gasteiger partial charge is 0.513 e. The molecule has 2 rings (SSSR count). The third-order valence-electron chi connectivity index (χ3n) is 3.77. The predicted molar refractivity (Wildman–Crippen MR) is 91.4 cm³/mol. The molecule has 0 radical (unpaired) electrons. The van der Waals surface area contributed by atoms with E-state index in [1.165, 1.54) is 18.2 Å². The van der Waals surface area contributed by atoms with Crippen molar-refractivity contribution in [3.8, 4) is 0 Å². The monoisotopic (exact) mass is 378 g/mol. The van der Waals surface area contributed by atoms with Crippen LogP contribution in [0.3, 0.4) is 0 Å². The summed E-state index contributed by atoms with van der Waals surface area (Å²) in [6, 6.07) is 5.69. The second-order valence-electron chi connectivity index (χ2n) is 5.50. The molecule has 0 amide bonds. The Kier molecular flexibility index (Phi) is 6.01. The van der Waals surface area contributed by atoms with Crippen molar-refractivity contribution in [2.45, 2.75) is 19.8 Å². The molecule has 1 aliphatic rings. The molecule has 1 heterocycles. The lowest BCUT2D eigenvalue weighted by atomic mass is 9.90. The third kappa shape index (κ3) is 4.35. The fraction of sp³-hybridized carbons (Fsp3) is 0.294. The topological polar surface area (TPSA) is 126 Å². The molecule has 0 saturated heterocycles. The number of nitrogens with zero attached hydrogens (tertiary/aromatic N) is 1. The van der Waals surface area contributed by atoms with E-state index in [0.29, 0.717) is 17.0 Å². The van der Waals surface area contributed by atoms with Gasteiger partial charge in [-0.15, -0.1) is 0 Å². The number of nitro groups is 1. The molecule has 0 spiro atoms. The highest BCUT2D eigenvalue weighted by molar-refractivity contribution is 5.65. The minimum atomic E-state index is -0.987. The summed E-state index contributed by atoms with van der Waals surface area (Å²) >= 11 is 0. The molecule has 144 valence electrons. The number of nitro benzene ring substituents is 1. The van der Waals surface area contributed by atoms with Crippen molar-refractivity contribution in [3.63, 3.8) is 0 Å². The van der Waals surface area contributed by atoms with Crippen molar-refractivity contribution < 1.29 is 33.5 Å². The van der Waals surface area contributed by atoms with Crippen LogP contribution in [-0.2, 0) is 18.9 Å². The van der Waals surface area contributed by atoms with E-state index in [4.69, 9.17) is 9.47 Å². The first kappa shape index (κ1) is 19.8. The van der Waals surface area contributed by atoms with Gasteiger partial charge in [-0.2, -0.15) is 0 Å². The van der Waals surface area contributed by atoms with E-state index in [-0.39, 0.29) is 17.2 Å². The van der Waals surface area contributed by atoms with Crippen LogP contribution < -0.4 is 5.32 Å². The number of carbonyl (C=O) groups excluding carboxylic acids is 2. The highest BCUT2D eigenvalue weighted by atomic mass is 16.7. The van der Waals surface area contributed by atoms with Crippen LogP contribution in [0.1, 0.15) is 25.3 Å². The Hall–Kier alpha value is -3.56. The molecule has 0 aromatic heterocycles. The fourth-order valence-electron chi connectivity index (χ4n) is 2.61. The molecular formula is C17H18N2O8. The van der Waals surface area contributed by atoms with Gasteiger partial charge in [-0.3, -0.25) is 10.1 Å². The second-order valence-corrected chi connectivity index (χ2v) is 5.50. The van der Waals surface area contributed by atoms with E-state index in [0.717, 1.165) is 14.2 Å². The van der Waals surface area contributed by atoms with Gasteiger partial charge in [0.1, 0.15) is 17.4 Å². The average Bonchev–Trinajstić information content (AvgIpc) is 2.65. The summed E-state index contributed by atoms with van der Waals surface area (Å²) in [5.74, 6) is -0.761. The Bertz CT molecular complexity index is 803. The van der Waals surface area contributed by atoms with E-state index >= 15 is 0 Å². The first-order valence-electron chi connectivity index (χ1n) is 7.73. The molecule has 0 unspecified atom stereocenters. The van der Waals surface area contributed by atoms with Gasteiger partial charge in [0.15, 0.2) is 0 Å². The smallest absolute Gasteiger partial charge is 0.437 e. The average molecular weight is 378 g/mol. The van der Waals surface area contributed by atoms with Gasteiger partial charge in [0, 0.05) is 12.1 Å². The van der Waals surface area contributed by atoms with E-state index in [1.807, 2.05) is 0 Å². The molecular weight excluding hydrogens is 360 g/mol. The maximum Gasteiger partial charge on any atom is 0.513 e. The molecule has 0 aliphatic carbocycles. The van der Waals surface area contributed by atoms with Gasteiger partial charge >= 0.3 is 12.3 Å². The van der Waals surface area contributed by atoms with Crippen molar-refractivity contribution in [1.29, 1.82) is 0 Å². The minimum Gasteiger partial charge on any atom is -0.437 e.